The quantitative estimate of drug-likeness (QED) is 0.625. The molecular weight excluding hydrogens is 164 g/mol. The van der Waals surface area contributed by atoms with E-state index in [9.17, 15) is 4.79 Å². The highest BCUT2D eigenvalue weighted by atomic mass is 16.1. The van der Waals surface area contributed by atoms with Gasteiger partial charge in [-0.3, -0.25) is 4.79 Å². The predicted octanol–water partition coefficient (Wildman–Crippen LogP) is 0.640. The summed E-state index contributed by atoms with van der Waals surface area (Å²) in [5.41, 5.74) is 5.41. The van der Waals surface area contributed by atoms with Gasteiger partial charge in [-0.1, -0.05) is 12.8 Å². The Labute approximate surface area is 79.1 Å². The summed E-state index contributed by atoms with van der Waals surface area (Å²) in [4.78, 5) is 11.2. The minimum Gasteiger partial charge on any atom is -0.369 e. The number of carbonyl (C=O) groups excluding carboxylic acids is 1. The van der Waals surface area contributed by atoms with Crippen LogP contribution < -0.4 is 11.1 Å². The first-order valence-corrected chi connectivity index (χ1v) is 5.32. The van der Waals surface area contributed by atoms with Crippen molar-refractivity contribution in [2.45, 2.75) is 38.1 Å². The molecule has 1 saturated heterocycles. The maximum atomic E-state index is 11.2. The van der Waals surface area contributed by atoms with E-state index < -0.39 is 0 Å². The third kappa shape index (κ3) is 1.70. The van der Waals surface area contributed by atoms with Crippen LogP contribution in [0.4, 0.5) is 0 Å². The van der Waals surface area contributed by atoms with E-state index in [4.69, 9.17) is 5.73 Å². The van der Waals surface area contributed by atoms with Crippen LogP contribution in [-0.4, -0.2) is 18.5 Å². The largest absolute Gasteiger partial charge is 0.369 e. The number of hydrogen-bond donors (Lipinski definition) is 2. The van der Waals surface area contributed by atoms with Crippen molar-refractivity contribution >= 4 is 5.91 Å². The van der Waals surface area contributed by atoms with Gasteiger partial charge in [0.2, 0.25) is 5.91 Å². The third-order valence-electron chi connectivity index (χ3n) is 3.56. The van der Waals surface area contributed by atoms with Gasteiger partial charge in [0.05, 0.1) is 0 Å². The van der Waals surface area contributed by atoms with Crippen molar-refractivity contribution in [3.63, 3.8) is 0 Å². The molecule has 1 saturated carbocycles. The fourth-order valence-electron chi connectivity index (χ4n) is 2.89. The average Bonchev–Trinajstić information content (AvgIpc) is 2.17. The monoisotopic (exact) mass is 182 g/mol. The second-order valence-electron chi connectivity index (χ2n) is 4.31. The van der Waals surface area contributed by atoms with Crippen molar-refractivity contribution in [1.82, 2.24) is 5.32 Å². The molecule has 0 aromatic carbocycles. The molecule has 2 rings (SSSR count). The minimum atomic E-state index is -0.0848. The lowest BCUT2D eigenvalue weighted by Crippen LogP contribution is -2.51. The number of nitrogens with one attached hydrogen (secondary N) is 1. The lowest BCUT2D eigenvalue weighted by Gasteiger charge is -2.40. The van der Waals surface area contributed by atoms with E-state index in [1.807, 2.05) is 0 Å². The number of hydrogen-bond acceptors (Lipinski definition) is 2. The molecule has 13 heavy (non-hydrogen) atoms. The Morgan fingerprint density at radius 3 is 2.77 bits per heavy atom. The molecule has 0 aromatic heterocycles. The molecule has 0 radical (unpaired) electrons. The van der Waals surface area contributed by atoms with Gasteiger partial charge >= 0.3 is 0 Å². The van der Waals surface area contributed by atoms with Crippen LogP contribution in [0.3, 0.4) is 0 Å². The van der Waals surface area contributed by atoms with Gasteiger partial charge in [-0.15, -0.1) is 0 Å². The fraction of sp³-hybridized carbons (Fsp3) is 0.900. The van der Waals surface area contributed by atoms with E-state index in [1.165, 1.54) is 25.7 Å². The summed E-state index contributed by atoms with van der Waals surface area (Å²) in [6, 6.07) is 0.569. The Morgan fingerprint density at radius 2 is 2.00 bits per heavy atom. The zero-order valence-electron chi connectivity index (χ0n) is 7.96. The lowest BCUT2D eigenvalue weighted by molar-refractivity contribution is -0.125. The van der Waals surface area contributed by atoms with Gasteiger partial charge in [-0.2, -0.15) is 0 Å². The maximum Gasteiger partial charge on any atom is 0.220 e. The van der Waals surface area contributed by atoms with Crippen molar-refractivity contribution in [3.05, 3.63) is 0 Å². The highest BCUT2D eigenvalue weighted by molar-refractivity contribution is 5.77. The molecule has 0 bridgehead atoms. The summed E-state index contributed by atoms with van der Waals surface area (Å²) in [6.45, 7) is 0.967. The second-order valence-corrected chi connectivity index (χ2v) is 4.31. The number of carbonyl (C=O) groups is 1. The molecule has 3 heteroatoms. The molecule has 1 amide bonds. The van der Waals surface area contributed by atoms with Crippen molar-refractivity contribution < 1.29 is 4.79 Å². The molecule has 1 aliphatic heterocycles. The number of piperidine rings is 1. The normalized spacial score (nSPS) is 39.5. The molecule has 74 valence electrons. The van der Waals surface area contributed by atoms with Crippen molar-refractivity contribution in [2.24, 2.45) is 17.6 Å². The zero-order valence-corrected chi connectivity index (χ0v) is 7.96. The smallest absolute Gasteiger partial charge is 0.220 e. The van der Waals surface area contributed by atoms with Gasteiger partial charge < -0.3 is 11.1 Å². The molecule has 3 unspecified atom stereocenters. The van der Waals surface area contributed by atoms with Crippen LogP contribution in [0.15, 0.2) is 0 Å². The SMILES string of the molecule is NC(=O)C1CCNC2CCCCC21. The van der Waals surface area contributed by atoms with Gasteiger partial charge in [-0.05, 0) is 31.7 Å². The van der Waals surface area contributed by atoms with Crippen LogP contribution in [0.25, 0.3) is 0 Å². The number of fused-ring (bicyclic) bond motifs is 1. The van der Waals surface area contributed by atoms with Crippen LogP contribution in [-0.2, 0) is 4.79 Å². The summed E-state index contributed by atoms with van der Waals surface area (Å²) in [5.74, 6) is 0.588. The van der Waals surface area contributed by atoms with Gasteiger partial charge in [0, 0.05) is 12.0 Å². The Morgan fingerprint density at radius 1 is 1.23 bits per heavy atom. The topological polar surface area (TPSA) is 55.1 Å². The number of amides is 1. The lowest BCUT2D eigenvalue weighted by atomic mass is 9.72. The first kappa shape index (κ1) is 9.00. The van der Waals surface area contributed by atoms with Gasteiger partial charge in [0.15, 0.2) is 0 Å². The Kier molecular flexibility index (Phi) is 2.54. The van der Waals surface area contributed by atoms with Gasteiger partial charge in [0.25, 0.3) is 0 Å². The van der Waals surface area contributed by atoms with Crippen LogP contribution in [0.1, 0.15) is 32.1 Å². The first-order valence-electron chi connectivity index (χ1n) is 5.32. The summed E-state index contributed by atoms with van der Waals surface area (Å²) in [7, 11) is 0. The van der Waals surface area contributed by atoms with Crippen LogP contribution in [0.5, 0.6) is 0 Å². The average molecular weight is 182 g/mol. The van der Waals surface area contributed by atoms with Gasteiger partial charge in [-0.25, -0.2) is 0 Å². The summed E-state index contributed by atoms with van der Waals surface area (Å²) in [5, 5.41) is 3.50. The van der Waals surface area contributed by atoms with E-state index in [0.29, 0.717) is 12.0 Å². The van der Waals surface area contributed by atoms with E-state index >= 15 is 0 Å². The zero-order chi connectivity index (χ0) is 9.26. The molecule has 3 nitrogen and oxygen atoms in total. The van der Waals surface area contributed by atoms with Crippen LogP contribution >= 0.6 is 0 Å². The Balaban J connectivity index is 2.06. The fourth-order valence-corrected chi connectivity index (χ4v) is 2.89. The number of nitrogens with two attached hydrogens (primary N) is 1. The molecule has 3 N–H and O–H groups in total. The summed E-state index contributed by atoms with van der Waals surface area (Å²) in [6.07, 6.45) is 5.93. The molecule has 1 heterocycles. The highest BCUT2D eigenvalue weighted by Crippen LogP contribution is 2.34. The van der Waals surface area contributed by atoms with E-state index in [2.05, 4.69) is 5.32 Å². The van der Waals surface area contributed by atoms with E-state index in [1.54, 1.807) is 0 Å². The summed E-state index contributed by atoms with van der Waals surface area (Å²) >= 11 is 0. The van der Waals surface area contributed by atoms with E-state index in [0.717, 1.165) is 13.0 Å². The van der Waals surface area contributed by atoms with E-state index in [-0.39, 0.29) is 11.8 Å². The standard InChI is InChI=1S/C10H18N2O/c11-10(13)8-5-6-12-9-4-2-1-3-7(8)9/h7-9,12H,1-6H2,(H2,11,13). The number of rotatable bonds is 1. The summed E-state index contributed by atoms with van der Waals surface area (Å²) < 4.78 is 0. The highest BCUT2D eigenvalue weighted by Gasteiger charge is 2.37. The van der Waals surface area contributed by atoms with Crippen LogP contribution in [0.2, 0.25) is 0 Å². The molecule has 2 aliphatic rings. The molecular formula is C10H18N2O. The molecule has 0 spiro atoms. The van der Waals surface area contributed by atoms with Gasteiger partial charge in [0.1, 0.15) is 0 Å². The molecule has 2 fully saturated rings. The number of primary amides is 1. The van der Waals surface area contributed by atoms with Crippen molar-refractivity contribution in [3.8, 4) is 0 Å². The first-order chi connectivity index (χ1) is 6.29. The predicted molar refractivity (Wildman–Crippen MR) is 51.1 cm³/mol. The Hall–Kier alpha value is -0.570. The maximum absolute atomic E-state index is 11.2. The van der Waals surface area contributed by atoms with Crippen molar-refractivity contribution in [1.29, 1.82) is 0 Å². The molecule has 3 atom stereocenters. The van der Waals surface area contributed by atoms with Crippen molar-refractivity contribution in [2.75, 3.05) is 6.54 Å². The molecule has 1 aliphatic carbocycles. The second kappa shape index (κ2) is 3.66. The Bertz CT molecular complexity index is 203. The molecule has 0 aromatic rings. The van der Waals surface area contributed by atoms with Crippen LogP contribution in [0, 0.1) is 11.8 Å². The minimum absolute atomic E-state index is 0.0848. The third-order valence-corrected chi connectivity index (χ3v) is 3.56.